The largest absolute Gasteiger partial charge is 0.351 e. The maximum Gasteiger partial charge on any atom is 0.252 e. The van der Waals surface area contributed by atoms with E-state index in [0.717, 1.165) is 11.5 Å². The molecule has 0 bridgehead atoms. The van der Waals surface area contributed by atoms with Crippen molar-refractivity contribution in [3.63, 3.8) is 0 Å². The Hall–Kier alpha value is -1.79. The first-order valence-corrected chi connectivity index (χ1v) is 10.6. The molecular formula is C18H21NO3S2. The van der Waals surface area contributed by atoms with Crippen LogP contribution in [-0.4, -0.2) is 32.4 Å². The molecule has 0 aromatic heterocycles. The van der Waals surface area contributed by atoms with Gasteiger partial charge in [0.1, 0.15) is 0 Å². The van der Waals surface area contributed by atoms with E-state index in [1.54, 1.807) is 36.9 Å². The third-order valence-corrected chi connectivity index (χ3v) is 6.31. The summed E-state index contributed by atoms with van der Waals surface area (Å²) in [6, 6.07) is 16.5. The van der Waals surface area contributed by atoms with E-state index in [0.29, 0.717) is 6.54 Å². The number of sulfone groups is 1. The van der Waals surface area contributed by atoms with E-state index in [2.05, 4.69) is 17.4 Å². The molecule has 0 heterocycles. The lowest BCUT2D eigenvalue weighted by atomic mass is 10.2. The number of amides is 1. The SMILES string of the molecule is CCS(=O)(=O)c1ccccc1C(=O)NCCSCc1ccccc1. The van der Waals surface area contributed by atoms with Gasteiger partial charge in [0.2, 0.25) is 0 Å². The number of carbonyl (C=O) groups excluding carboxylic acids is 1. The van der Waals surface area contributed by atoms with Gasteiger partial charge in [-0.05, 0) is 17.7 Å². The number of hydrogen-bond acceptors (Lipinski definition) is 4. The van der Waals surface area contributed by atoms with Crippen LogP contribution in [0.5, 0.6) is 0 Å². The van der Waals surface area contributed by atoms with Crippen molar-refractivity contribution in [2.24, 2.45) is 0 Å². The minimum atomic E-state index is -3.41. The lowest BCUT2D eigenvalue weighted by Crippen LogP contribution is -2.27. The molecule has 0 atom stereocenters. The summed E-state index contributed by atoms with van der Waals surface area (Å²) in [7, 11) is -3.41. The Balaban J connectivity index is 1.87. The molecule has 6 heteroatoms. The van der Waals surface area contributed by atoms with Gasteiger partial charge in [0.05, 0.1) is 16.2 Å². The van der Waals surface area contributed by atoms with Gasteiger partial charge in [-0.3, -0.25) is 4.79 Å². The molecular weight excluding hydrogens is 342 g/mol. The summed E-state index contributed by atoms with van der Waals surface area (Å²) in [5.41, 5.74) is 1.46. The van der Waals surface area contributed by atoms with Crippen molar-refractivity contribution in [1.29, 1.82) is 0 Å². The highest BCUT2D eigenvalue weighted by Gasteiger charge is 2.20. The highest BCUT2D eigenvalue weighted by Crippen LogP contribution is 2.17. The fraction of sp³-hybridized carbons (Fsp3) is 0.278. The second-order valence-corrected chi connectivity index (χ2v) is 8.55. The number of thioether (sulfide) groups is 1. The number of rotatable bonds is 8. The Labute approximate surface area is 147 Å². The average molecular weight is 364 g/mol. The highest BCUT2D eigenvalue weighted by molar-refractivity contribution is 7.98. The maximum atomic E-state index is 12.3. The Kier molecular flexibility index (Phi) is 6.87. The van der Waals surface area contributed by atoms with E-state index in [1.165, 1.54) is 11.6 Å². The van der Waals surface area contributed by atoms with Crippen molar-refractivity contribution >= 4 is 27.5 Å². The first kappa shape index (κ1) is 18.5. The molecule has 24 heavy (non-hydrogen) atoms. The summed E-state index contributed by atoms with van der Waals surface area (Å²) in [6.07, 6.45) is 0. The molecule has 1 N–H and O–H groups in total. The lowest BCUT2D eigenvalue weighted by Gasteiger charge is -2.10. The number of nitrogens with one attached hydrogen (secondary N) is 1. The summed E-state index contributed by atoms with van der Waals surface area (Å²) >= 11 is 1.72. The van der Waals surface area contributed by atoms with Crippen LogP contribution in [0.4, 0.5) is 0 Å². The second-order valence-electron chi connectivity index (χ2n) is 5.19. The zero-order chi connectivity index (χ0) is 17.4. The summed E-state index contributed by atoms with van der Waals surface area (Å²) in [5, 5.41) is 2.80. The summed E-state index contributed by atoms with van der Waals surface area (Å²) in [4.78, 5) is 12.4. The van der Waals surface area contributed by atoms with Crippen LogP contribution in [0.3, 0.4) is 0 Å². The van der Waals surface area contributed by atoms with Gasteiger partial charge in [-0.25, -0.2) is 8.42 Å². The van der Waals surface area contributed by atoms with Gasteiger partial charge in [-0.2, -0.15) is 11.8 Å². The smallest absolute Gasteiger partial charge is 0.252 e. The Bertz CT molecular complexity index is 774. The van der Waals surface area contributed by atoms with Crippen molar-refractivity contribution < 1.29 is 13.2 Å². The molecule has 0 saturated carbocycles. The Morgan fingerprint density at radius 1 is 1.04 bits per heavy atom. The third-order valence-electron chi connectivity index (χ3n) is 3.49. The molecule has 0 spiro atoms. The Morgan fingerprint density at radius 3 is 2.42 bits per heavy atom. The van der Waals surface area contributed by atoms with E-state index in [9.17, 15) is 13.2 Å². The van der Waals surface area contributed by atoms with Crippen LogP contribution in [0, 0.1) is 0 Å². The predicted molar refractivity (Wildman–Crippen MR) is 99.1 cm³/mol. The molecule has 4 nitrogen and oxygen atoms in total. The fourth-order valence-electron chi connectivity index (χ4n) is 2.18. The van der Waals surface area contributed by atoms with Gasteiger partial charge in [0.25, 0.3) is 5.91 Å². The van der Waals surface area contributed by atoms with Crippen molar-refractivity contribution in [2.45, 2.75) is 17.6 Å². The third kappa shape index (κ3) is 5.11. The molecule has 0 unspecified atom stereocenters. The van der Waals surface area contributed by atoms with Crippen LogP contribution in [0.15, 0.2) is 59.5 Å². The fourth-order valence-corrected chi connectivity index (χ4v) is 4.09. The minimum absolute atomic E-state index is 0.0236. The van der Waals surface area contributed by atoms with Gasteiger partial charge in [-0.1, -0.05) is 49.4 Å². The summed E-state index contributed by atoms with van der Waals surface area (Å²) in [5.74, 6) is 1.29. The molecule has 0 fully saturated rings. The van der Waals surface area contributed by atoms with Crippen molar-refractivity contribution in [2.75, 3.05) is 18.1 Å². The van der Waals surface area contributed by atoms with E-state index < -0.39 is 9.84 Å². The molecule has 128 valence electrons. The van der Waals surface area contributed by atoms with Crippen LogP contribution in [0.25, 0.3) is 0 Å². The van der Waals surface area contributed by atoms with Crippen LogP contribution in [-0.2, 0) is 15.6 Å². The summed E-state index contributed by atoms with van der Waals surface area (Å²) < 4.78 is 24.2. The van der Waals surface area contributed by atoms with Crippen molar-refractivity contribution in [1.82, 2.24) is 5.32 Å². The quantitative estimate of drug-likeness (QED) is 0.732. The topological polar surface area (TPSA) is 63.2 Å². The van der Waals surface area contributed by atoms with Gasteiger partial charge >= 0.3 is 0 Å². The van der Waals surface area contributed by atoms with Crippen LogP contribution in [0.1, 0.15) is 22.8 Å². The first-order valence-electron chi connectivity index (χ1n) is 7.76. The van der Waals surface area contributed by atoms with Gasteiger partial charge in [0, 0.05) is 18.1 Å². The van der Waals surface area contributed by atoms with Crippen LogP contribution < -0.4 is 5.32 Å². The predicted octanol–water partition coefficient (Wildman–Crippen LogP) is 3.14. The molecule has 1 amide bonds. The zero-order valence-electron chi connectivity index (χ0n) is 13.6. The number of benzene rings is 2. The Morgan fingerprint density at radius 2 is 1.71 bits per heavy atom. The average Bonchev–Trinajstić information content (AvgIpc) is 2.62. The van der Waals surface area contributed by atoms with Crippen LogP contribution >= 0.6 is 11.8 Å². The number of hydrogen-bond donors (Lipinski definition) is 1. The van der Waals surface area contributed by atoms with E-state index >= 15 is 0 Å². The standard InChI is InChI=1S/C18H21NO3S2/c1-2-24(21,22)17-11-7-6-10-16(17)18(20)19-12-13-23-14-15-8-4-3-5-9-15/h3-11H,2,12-14H2,1H3,(H,19,20). The molecule has 2 rings (SSSR count). The van der Waals surface area contributed by atoms with E-state index in [4.69, 9.17) is 0 Å². The maximum absolute atomic E-state index is 12.3. The molecule has 0 radical (unpaired) electrons. The molecule has 0 aliphatic rings. The first-order chi connectivity index (χ1) is 11.5. The molecule has 0 aliphatic carbocycles. The highest BCUT2D eigenvalue weighted by atomic mass is 32.2. The minimum Gasteiger partial charge on any atom is -0.351 e. The van der Waals surface area contributed by atoms with Crippen LogP contribution in [0.2, 0.25) is 0 Å². The molecule has 0 saturated heterocycles. The monoisotopic (exact) mass is 363 g/mol. The van der Waals surface area contributed by atoms with Gasteiger partial charge in [0.15, 0.2) is 9.84 Å². The van der Waals surface area contributed by atoms with E-state index in [1.807, 2.05) is 18.2 Å². The lowest BCUT2D eigenvalue weighted by molar-refractivity contribution is 0.0953. The molecule has 2 aromatic carbocycles. The van der Waals surface area contributed by atoms with Crippen molar-refractivity contribution in [3.8, 4) is 0 Å². The molecule has 0 aliphatic heterocycles. The summed E-state index contributed by atoms with van der Waals surface area (Å²) in [6.45, 7) is 2.07. The molecule has 2 aromatic rings. The van der Waals surface area contributed by atoms with Gasteiger partial charge < -0.3 is 5.32 Å². The normalized spacial score (nSPS) is 11.2. The second kappa shape index (κ2) is 8.89. The van der Waals surface area contributed by atoms with Gasteiger partial charge in [-0.15, -0.1) is 0 Å². The zero-order valence-corrected chi connectivity index (χ0v) is 15.2. The van der Waals surface area contributed by atoms with E-state index in [-0.39, 0.29) is 22.1 Å². The number of carbonyl (C=O) groups is 1. The van der Waals surface area contributed by atoms with Crippen molar-refractivity contribution in [3.05, 3.63) is 65.7 Å².